The normalized spacial score (nSPS) is 25.2. The zero-order valence-corrected chi connectivity index (χ0v) is 16.1. The molecule has 0 N–H and O–H groups in total. The third kappa shape index (κ3) is 3.72. The minimum atomic E-state index is -2.98. The molecule has 2 heterocycles. The summed E-state index contributed by atoms with van der Waals surface area (Å²) in [5.41, 5.74) is 0. The third-order valence-electron chi connectivity index (χ3n) is 5.16. The average Bonchev–Trinajstić information content (AvgIpc) is 3.49. The highest BCUT2D eigenvalue weighted by Crippen LogP contribution is 2.40. The highest BCUT2D eigenvalue weighted by atomic mass is 32.2. The Bertz CT molecular complexity index is 768. The molecular weight excluding hydrogens is 360 g/mol. The van der Waals surface area contributed by atoms with Crippen molar-refractivity contribution in [2.75, 3.05) is 17.3 Å². The monoisotopic (exact) mass is 384 g/mol. The molecule has 0 aromatic carbocycles. The van der Waals surface area contributed by atoms with Gasteiger partial charge < -0.3 is 9.47 Å². The van der Waals surface area contributed by atoms with Gasteiger partial charge in [0.25, 0.3) is 0 Å². The van der Waals surface area contributed by atoms with Crippen LogP contribution in [0.5, 0.6) is 0 Å². The van der Waals surface area contributed by atoms with Crippen LogP contribution in [-0.4, -0.2) is 63.3 Å². The van der Waals surface area contributed by atoms with Gasteiger partial charge >= 0.3 is 0 Å². The molecule has 0 radical (unpaired) electrons. The zero-order valence-electron chi connectivity index (χ0n) is 14.4. The molecule has 1 saturated heterocycles. The van der Waals surface area contributed by atoms with E-state index in [1.165, 1.54) is 24.6 Å². The summed E-state index contributed by atoms with van der Waals surface area (Å²) in [5.74, 6) is 2.24. The second kappa shape index (κ2) is 6.57. The molecule has 3 aliphatic rings. The van der Waals surface area contributed by atoms with Crippen molar-refractivity contribution in [1.82, 2.24) is 19.7 Å². The van der Waals surface area contributed by atoms with Gasteiger partial charge in [-0.1, -0.05) is 11.8 Å². The fraction of sp³-hybridized carbons (Fsp3) is 0.812. The Morgan fingerprint density at radius 3 is 2.52 bits per heavy atom. The number of nitrogens with zero attached hydrogens (tertiary/aromatic N) is 4. The van der Waals surface area contributed by atoms with Gasteiger partial charge in [-0.05, 0) is 39.0 Å². The minimum absolute atomic E-state index is 0.0354. The van der Waals surface area contributed by atoms with Gasteiger partial charge in [0.15, 0.2) is 15.0 Å². The van der Waals surface area contributed by atoms with E-state index in [1.807, 2.05) is 4.90 Å². The first kappa shape index (κ1) is 17.3. The van der Waals surface area contributed by atoms with Crippen LogP contribution in [0.25, 0.3) is 0 Å². The van der Waals surface area contributed by atoms with Crippen LogP contribution in [0.3, 0.4) is 0 Å². The molecule has 2 saturated carbocycles. The van der Waals surface area contributed by atoms with Crippen molar-refractivity contribution < 1.29 is 13.2 Å². The Balaban J connectivity index is 1.42. The van der Waals surface area contributed by atoms with Crippen LogP contribution < -0.4 is 0 Å². The van der Waals surface area contributed by atoms with Crippen LogP contribution in [0.15, 0.2) is 5.16 Å². The second-order valence-electron chi connectivity index (χ2n) is 7.24. The molecule has 25 heavy (non-hydrogen) atoms. The summed E-state index contributed by atoms with van der Waals surface area (Å²) in [6.07, 6.45) is 4.90. The summed E-state index contributed by atoms with van der Waals surface area (Å²) in [6.45, 7) is 2.88. The van der Waals surface area contributed by atoms with Crippen molar-refractivity contribution in [1.29, 1.82) is 0 Å². The predicted octanol–water partition coefficient (Wildman–Crippen LogP) is 1.45. The first-order valence-electron chi connectivity index (χ1n) is 9.06. The van der Waals surface area contributed by atoms with E-state index in [0.717, 1.165) is 30.4 Å². The molecule has 2 aliphatic carbocycles. The van der Waals surface area contributed by atoms with E-state index in [4.69, 9.17) is 0 Å². The minimum Gasteiger partial charge on any atom is -0.335 e. The number of sulfone groups is 1. The van der Waals surface area contributed by atoms with Crippen LogP contribution >= 0.6 is 11.8 Å². The summed E-state index contributed by atoms with van der Waals surface area (Å²) in [7, 11) is -2.98. The largest absolute Gasteiger partial charge is 0.335 e. The lowest BCUT2D eigenvalue weighted by Crippen LogP contribution is -2.43. The van der Waals surface area contributed by atoms with Gasteiger partial charge in [0.1, 0.15) is 5.82 Å². The van der Waals surface area contributed by atoms with E-state index in [0.29, 0.717) is 18.1 Å². The van der Waals surface area contributed by atoms with Gasteiger partial charge in [0.05, 0.1) is 17.3 Å². The van der Waals surface area contributed by atoms with Gasteiger partial charge in [-0.25, -0.2) is 8.42 Å². The molecule has 138 valence electrons. The summed E-state index contributed by atoms with van der Waals surface area (Å²) >= 11 is 1.43. The van der Waals surface area contributed by atoms with E-state index >= 15 is 0 Å². The Labute approximate surface area is 152 Å². The molecule has 1 aromatic rings. The van der Waals surface area contributed by atoms with Crippen LogP contribution in [0.2, 0.25) is 0 Å². The standard InChI is InChI=1S/C16H24N4O3S2/c1-2-19-15(11-3-4-11)17-18-16(19)24-9-14(21)20(12-5-6-12)13-7-8-25(22,23)10-13/h11-13H,2-10H2,1H3/t13-/m1/s1. The first-order valence-corrected chi connectivity index (χ1v) is 11.9. The van der Waals surface area contributed by atoms with Crippen molar-refractivity contribution in [3.05, 3.63) is 5.82 Å². The molecule has 0 bridgehead atoms. The molecule has 1 amide bonds. The second-order valence-corrected chi connectivity index (χ2v) is 10.4. The van der Waals surface area contributed by atoms with E-state index in [2.05, 4.69) is 21.7 Å². The van der Waals surface area contributed by atoms with Crippen LogP contribution in [0.4, 0.5) is 0 Å². The van der Waals surface area contributed by atoms with Gasteiger partial charge in [-0.15, -0.1) is 10.2 Å². The third-order valence-corrected chi connectivity index (χ3v) is 7.86. The molecule has 1 aliphatic heterocycles. The van der Waals surface area contributed by atoms with E-state index in [9.17, 15) is 13.2 Å². The predicted molar refractivity (Wildman–Crippen MR) is 95.3 cm³/mol. The molecule has 3 fully saturated rings. The van der Waals surface area contributed by atoms with E-state index in [1.54, 1.807) is 0 Å². The van der Waals surface area contributed by atoms with E-state index < -0.39 is 9.84 Å². The van der Waals surface area contributed by atoms with Crippen LogP contribution in [-0.2, 0) is 21.2 Å². The lowest BCUT2D eigenvalue weighted by Gasteiger charge is -2.28. The number of rotatable bonds is 7. The fourth-order valence-corrected chi connectivity index (χ4v) is 6.19. The lowest BCUT2D eigenvalue weighted by molar-refractivity contribution is -0.130. The summed E-state index contributed by atoms with van der Waals surface area (Å²) in [6, 6.07) is 0.0918. The van der Waals surface area contributed by atoms with Gasteiger partial charge in [0.2, 0.25) is 5.91 Å². The SMILES string of the molecule is CCn1c(SCC(=O)N(C2CC2)[C@@H]2CCS(=O)(=O)C2)nnc1C1CC1. The summed E-state index contributed by atoms with van der Waals surface area (Å²) in [5, 5.41) is 9.37. The van der Waals surface area contributed by atoms with Gasteiger partial charge in [-0.3, -0.25) is 4.79 Å². The zero-order chi connectivity index (χ0) is 17.6. The van der Waals surface area contributed by atoms with Crippen LogP contribution in [0.1, 0.15) is 50.8 Å². The van der Waals surface area contributed by atoms with Crippen molar-refractivity contribution in [2.24, 2.45) is 0 Å². The number of hydrogen-bond acceptors (Lipinski definition) is 6. The van der Waals surface area contributed by atoms with Gasteiger partial charge in [-0.2, -0.15) is 0 Å². The fourth-order valence-electron chi connectivity index (χ4n) is 3.60. The van der Waals surface area contributed by atoms with Crippen molar-refractivity contribution in [3.63, 3.8) is 0 Å². The summed E-state index contributed by atoms with van der Waals surface area (Å²) < 4.78 is 25.7. The van der Waals surface area contributed by atoms with Gasteiger partial charge in [0, 0.05) is 24.5 Å². The first-order chi connectivity index (χ1) is 12.0. The molecule has 0 unspecified atom stereocenters. The highest BCUT2D eigenvalue weighted by molar-refractivity contribution is 7.99. The smallest absolute Gasteiger partial charge is 0.233 e. The lowest BCUT2D eigenvalue weighted by atomic mass is 10.2. The van der Waals surface area contributed by atoms with Crippen molar-refractivity contribution >= 4 is 27.5 Å². The topological polar surface area (TPSA) is 85.2 Å². The number of thioether (sulfide) groups is 1. The Kier molecular flexibility index (Phi) is 4.56. The Morgan fingerprint density at radius 2 is 1.96 bits per heavy atom. The maximum atomic E-state index is 12.8. The average molecular weight is 385 g/mol. The number of carbonyl (C=O) groups is 1. The molecule has 0 spiro atoms. The molecule has 1 atom stereocenters. The van der Waals surface area contributed by atoms with Crippen molar-refractivity contribution in [3.8, 4) is 0 Å². The maximum Gasteiger partial charge on any atom is 0.233 e. The number of aromatic nitrogens is 3. The molecule has 7 nitrogen and oxygen atoms in total. The summed E-state index contributed by atoms with van der Waals surface area (Å²) in [4.78, 5) is 14.7. The highest BCUT2D eigenvalue weighted by Gasteiger charge is 2.42. The molecule has 9 heteroatoms. The number of amides is 1. The molecule has 4 rings (SSSR count). The molecule has 1 aromatic heterocycles. The van der Waals surface area contributed by atoms with Crippen molar-refractivity contribution in [2.45, 2.75) is 68.7 Å². The number of hydrogen-bond donors (Lipinski definition) is 0. The van der Waals surface area contributed by atoms with E-state index in [-0.39, 0.29) is 29.5 Å². The number of carbonyl (C=O) groups excluding carboxylic acids is 1. The quantitative estimate of drug-likeness (QED) is 0.662. The maximum absolute atomic E-state index is 12.8. The van der Waals surface area contributed by atoms with Crippen LogP contribution in [0, 0.1) is 0 Å². The Morgan fingerprint density at radius 1 is 1.20 bits per heavy atom. The Hall–Kier alpha value is -1.09. The molecular formula is C16H24N4O3S2.